The molecule has 0 fully saturated rings. The van der Waals surface area contributed by atoms with Gasteiger partial charge in [-0.05, 0) is 12.1 Å². The summed E-state index contributed by atoms with van der Waals surface area (Å²) in [5, 5.41) is 8.59. The van der Waals surface area contributed by atoms with E-state index in [-0.39, 0.29) is 6.61 Å². The van der Waals surface area contributed by atoms with Crippen molar-refractivity contribution in [2.45, 2.75) is 6.42 Å². The predicted octanol–water partition coefficient (Wildman–Crippen LogP) is -0.285. The number of aliphatic hydroxyl groups excluding tert-OH is 1. The first-order valence-electron chi connectivity index (χ1n) is 3.59. The minimum Gasteiger partial charge on any atom is -0.396 e. The fourth-order valence-corrected chi connectivity index (χ4v) is 0.883. The van der Waals surface area contributed by atoms with Gasteiger partial charge >= 0.3 is 0 Å². The van der Waals surface area contributed by atoms with E-state index >= 15 is 0 Å². The largest absolute Gasteiger partial charge is 0.396 e. The number of carbonyl (C=O) groups excluding carboxylic acids is 1. The van der Waals surface area contributed by atoms with Crippen molar-refractivity contribution >= 4 is 5.91 Å². The smallest absolute Gasteiger partial charge is 0.248 e. The molecule has 1 heterocycles. The maximum atomic E-state index is 10.7. The van der Waals surface area contributed by atoms with Crippen LogP contribution in [0.3, 0.4) is 0 Å². The SMILES string of the molecule is NC(=O)c1ccnc(CCO)c1. The second kappa shape index (κ2) is 3.82. The molecule has 0 saturated carbocycles. The van der Waals surface area contributed by atoms with E-state index in [2.05, 4.69) is 4.98 Å². The molecule has 0 spiro atoms. The molecular formula is C8H10N2O2. The van der Waals surface area contributed by atoms with Gasteiger partial charge in [0.2, 0.25) is 5.91 Å². The molecule has 12 heavy (non-hydrogen) atoms. The molecular weight excluding hydrogens is 156 g/mol. The molecule has 0 bridgehead atoms. The molecule has 0 aliphatic heterocycles. The zero-order chi connectivity index (χ0) is 8.97. The Kier molecular flexibility index (Phi) is 2.76. The van der Waals surface area contributed by atoms with Gasteiger partial charge in [0.05, 0.1) is 0 Å². The number of carbonyl (C=O) groups is 1. The maximum Gasteiger partial charge on any atom is 0.248 e. The summed E-state index contributed by atoms with van der Waals surface area (Å²) in [5.74, 6) is -0.475. The predicted molar refractivity (Wildman–Crippen MR) is 43.5 cm³/mol. The number of rotatable bonds is 3. The molecule has 64 valence electrons. The van der Waals surface area contributed by atoms with Crippen molar-refractivity contribution in [3.63, 3.8) is 0 Å². The van der Waals surface area contributed by atoms with Gasteiger partial charge in [-0.2, -0.15) is 0 Å². The third-order valence-electron chi connectivity index (χ3n) is 1.47. The molecule has 0 aliphatic rings. The van der Waals surface area contributed by atoms with E-state index in [1.165, 1.54) is 6.20 Å². The summed E-state index contributed by atoms with van der Waals surface area (Å²) < 4.78 is 0. The van der Waals surface area contributed by atoms with Gasteiger partial charge in [-0.1, -0.05) is 0 Å². The van der Waals surface area contributed by atoms with E-state index in [4.69, 9.17) is 10.8 Å². The molecule has 0 radical (unpaired) electrons. The molecule has 1 aromatic rings. The Hall–Kier alpha value is -1.42. The highest BCUT2D eigenvalue weighted by atomic mass is 16.3. The zero-order valence-electron chi connectivity index (χ0n) is 6.53. The van der Waals surface area contributed by atoms with Crippen LogP contribution in [0.2, 0.25) is 0 Å². The summed E-state index contributed by atoms with van der Waals surface area (Å²) in [7, 11) is 0. The maximum absolute atomic E-state index is 10.7. The van der Waals surface area contributed by atoms with E-state index in [0.29, 0.717) is 17.7 Å². The molecule has 1 rings (SSSR count). The first-order valence-corrected chi connectivity index (χ1v) is 3.59. The van der Waals surface area contributed by atoms with Gasteiger partial charge in [-0.3, -0.25) is 9.78 Å². The van der Waals surface area contributed by atoms with E-state index < -0.39 is 5.91 Å². The Morgan fingerprint density at radius 2 is 2.42 bits per heavy atom. The summed E-state index contributed by atoms with van der Waals surface area (Å²) >= 11 is 0. The Balaban J connectivity index is 2.88. The molecule has 4 nitrogen and oxygen atoms in total. The monoisotopic (exact) mass is 166 g/mol. The molecule has 3 N–H and O–H groups in total. The van der Waals surface area contributed by atoms with Crippen LogP contribution in [0.5, 0.6) is 0 Å². The third kappa shape index (κ3) is 2.03. The quantitative estimate of drug-likeness (QED) is 0.648. The molecule has 0 aromatic carbocycles. The van der Waals surface area contributed by atoms with Gasteiger partial charge in [0.15, 0.2) is 0 Å². The fraction of sp³-hybridized carbons (Fsp3) is 0.250. The van der Waals surface area contributed by atoms with E-state index in [1.807, 2.05) is 0 Å². The topological polar surface area (TPSA) is 76.2 Å². The van der Waals surface area contributed by atoms with Crippen LogP contribution in [0.15, 0.2) is 18.3 Å². The minimum absolute atomic E-state index is 0.0230. The van der Waals surface area contributed by atoms with Gasteiger partial charge in [-0.15, -0.1) is 0 Å². The van der Waals surface area contributed by atoms with Crippen LogP contribution >= 0.6 is 0 Å². The third-order valence-corrected chi connectivity index (χ3v) is 1.47. The highest BCUT2D eigenvalue weighted by Crippen LogP contribution is 2.00. The molecule has 4 heteroatoms. The van der Waals surface area contributed by atoms with Gasteiger partial charge < -0.3 is 10.8 Å². The number of aliphatic hydroxyl groups is 1. The zero-order valence-corrected chi connectivity index (χ0v) is 6.53. The lowest BCUT2D eigenvalue weighted by atomic mass is 10.2. The number of amides is 1. The van der Waals surface area contributed by atoms with Crippen molar-refractivity contribution in [3.05, 3.63) is 29.6 Å². The summed E-state index contributed by atoms with van der Waals surface area (Å²) in [5.41, 5.74) is 6.15. The van der Waals surface area contributed by atoms with Crippen molar-refractivity contribution < 1.29 is 9.90 Å². The summed E-state index contributed by atoms with van der Waals surface area (Å²) in [6.45, 7) is 0.0230. The van der Waals surface area contributed by atoms with Gasteiger partial charge in [0, 0.05) is 30.5 Å². The molecule has 0 atom stereocenters. The van der Waals surface area contributed by atoms with Crippen molar-refractivity contribution in [1.29, 1.82) is 0 Å². The Labute approximate surface area is 70.0 Å². The molecule has 1 amide bonds. The number of pyridine rings is 1. The number of nitrogens with two attached hydrogens (primary N) is 1. The summed E-state index contributed by atoms with van der Waals surface area (Å²) in [6, 6.07) is 3.13. The van der Waals surface area contributed by atoms with E-state index in [9.17, 15) is 4.79 Å². The lowest BCUT2D eigenvalue weighted by Gasteiger charge is -1.98. The number of primary amides is 1. The van der Waals surface area contributed by atoms with Crippen LogP contribution in [-0.2, 0) is 6.42 Å². The highest BCUT2D eigenvalue weighted by molar-refractivity contribution is 5.92. The molecule has 0 aliphatic carbocycles. The van der Waals surface area contributed by atoms with Crippen LogP contribution in [0.25, 0.3) is 0 Å². The highest BCUT2D eigenvalue weighted by Gasteiger charge is 2.00. The number of nitrogens with zero attached hydrogens (tertiary/aromatic N) is 1. The Bertz CT molecular complexity index is 286. The van der Waals surface area contributed by atoms with E-state index in [1.54, 1.807) is 12.1 Å². The van der Waals surface area contributed by atoms with Crippen LogP contribution in [0, 0.1) is 0 Å². The van der Waals surface area contributed by atoms with Gasteiger partial charge in [0.25, 0.3) is 0 Å². The molecule has 1 aromatic heterocycles. The molecule has 0 unspecified atom stereocenters. The Morgan fingerprint density at radius 1 is 1.67 bits per heavy atom. The Morgan fingerprint density at radius 3 is 3.00 bits per heavy atom. The second-order valence-electron chi connectivity index (χ2n) is 2.37. The standard InChI is InChI=1S/C8H10N2O2/c9-8(12)6-1-3-10-7(5-6)2-4-11/h1,3,5,11H,2,4H2,(H2,9,12). The van der Waals surface area contributed by atoms with Crippen LogP contribution in [0.1, 0.15) is 16.1 Å². The lowest BCUT2D eigenvalue weighted by Crippen LogP contribution is -2.11. The number of aromatic nitrogens is 1. The summed E-state index contributed by atoms with van der Waals surface area (Å²) in [6.07, 6.45) is 1.95. The first-order chi connectivity index (χ1) is 5.74. The summed E-state index contributed by atoms with van der Waals surface area (Å²) in [4.78, 5) is 14.6. The fourth-order valence-electron chi connectivity index (χ4n) is 0.883. The van der Waals surface area contributed by atoms with Gasteiger partial charge in [-0.25, -0.2) is 0 Å². The van der Waals surface area contributed by atoms with E-state index in [0.717, 1.165) is 0 Å². The van der Waals surface area contributed by atoms with Crippen molar-refractivity contribution in [1.82, 2.24) is 4.98 Å². The van der Waals surface area contributed by atoms with Crippen molar-refractivity contribution in [2.75, 3.05) is 6.61 Å². The number of hydrogen-bond acceptors (Lipinski definition) is 3. The van der Waals surface area contributed by atoms with Crippen molar-refractivity contribution in [2.24, 2.45) is 5.73 Å². The first kappa shape index (κ1) is 8.67. The second-order valence-corrected chi connectivity index (χ2v) is 2.37. The van der Waals surface area contributed by atoms with Crippen LogP contribution < -0.4 is 5.73 Å². The van der Waals surface area contributed by atoms with Crippen molar-refractivity contribution in [3.8, 4) is 0 Å². The average molecular weight is 166 g/mol. The lowest BCUT2D eigenvalue weighted by molar-refractivity contribution is 0.1000. The van der Waals surface area contributed by atoms with Crippen LogP contribution in [0.4, 0.5) is 0 Å². The normalized spacial score (nSPS) is 9.75. The minimum atomic E-state index is -0.475. The average Bonchev–Trinajstić information content (AvgIpc) is 2.05. The number of hydrogen-bond donors (Lipinski definition) is 2. The van der Waals surface area contributed by atoms with Crippen LogP contribution in [-0.4, -0.2) is 22.6 Å². The molecule has 0 saturated heterocycles. The van der Waals surface area contributed by atoms with Gasteiger partial charge in [0.1, 0.15) is 0 Å².